The topological polar surface area (TPSA) is 29.1 Å². The first-order valence-electron chi connectivity index (χ1n) is 5.69. The van der Waals surface area contributed by atoms with Crippen molar-refractivity contribution in [1.82, 2.24) is 5.32 Å². The number of rotatable bonds is 3. The van der Waals surface area contributed by atoms with Crippen LogP contribution in [0.1, 0.15) is 18.9 Å². The number of Topliss-reactive ketones (excluding diaryl/α,β-unsaturated/α-hetero) is 1. The first kappa shape index (κ1) is 12.5. The van der Waals surface area contributed by atoms with E-state index < -0.39 is 0 Å². The van der Waals surface area contributed by atoms with Crippen LogP contribution in [0.4, 0.5) is 4.39 Å². The Morgan fingerprint density at radius 3 is 3.00 bits per heavy atom. The zero-order valence-electron chi connectivity index (χ0n) is 9.72. The first-order valence-corrected chi connectivity index (χ1v) is 6.07. The van der Waals surface area contributed by atoms with E-state index in [1.54, 1.807) is 0 Å². The summed E-state index contributed by atoms with van der Waals surface area (Å²) in [4.78, 5) is 12.2. The standard InChI is InChI=1S/C13H15ClFNO/c1-13(4-5-16-8-13)12(17)7-9-6-10(14)2-3-11(9)15/h2-3,6,16H,4-5,7-8H2,1H3. The average Bonchev–Trinajstić information content (AvgIpc) is 2.72. The van der Waals surface area contributed by atoms with Crippen LogP contribution >= 0.6 is 11.6 Å². The third-order valence-electron chi connectivity index (χ3n) is 3.40. The van der Waals surface area contributed by atoms with Gasteiger partial charge in [0.1, 0.15) is 11.6 Å². The zero-order chi connectivity index (χ0) is 12.5. The number of halogens is 2. The molecule has 0 aromatic heterocycles. The van der Waals surface area contributed by atoms with Crippen molar-refractivity contribution in [2.45, 2.75) is 19.8 Å². The summed E-state index contributed by atoms with van der Waals surface area (Å²) >= 11 is 5.80. The van der Waals surface area contributed by atoms with Gasteiger partial charge in [0.05, 0.1) is 0 Å². The molecule has 1 aromatic rings. The molecule has 92 valence electrons. The fourth-order valence-corrected chi connectivity index (χ4v) is 2.31. The van der Waals surface area contributed by atoms with Gasteiger partial charge >= 0.3 is 0 Å². The van der Waals surface area contributed by atoms with Crippen molar-refractivity contribution in [2.24, 2.45) is 5.41 Å². The number of ketones is 1. The van der Waals surface area contributed by atoms with Gasteiger partial charge in [-0.25, -0.2) is 4.39 Å². The number of carbonyl (C=O) groups excluding carboxylic acids is 1. The van der Waals surface area contributed by atoms with Crippen molar-refractivity contribution in [2.75, 3.05) is 13.1 Å². The summed E-state index contributed by atoms with van der Waals surface area (Å²) in [6.07, 6.45) is 0.929. The highest BCUT2D eigenvalue weighted by molar-refractivity contribution is 6.30. The number of hydrogen-bond donors (Lipinski definition) is 1. The van der Waals surface area contributed by atoms with Gasteiger partial charge in [-0.05, 0) is 36.7 Å². The lowest BCUT2D eigenvalue weighted by molar-refractivity contribution is -0.126. The monoisotopic (exact) mass is 255 g/mol. The minimum Gasteiger partial charge on any atom is -0.316 e. The Morgan fingerprint density at radius 1 is 1.59 bits per heavy atom. The Hall–Kier alpha value is -0.930. The molecule has 0 saturated carbocycles. The molecule has 17 heavy (non-hydrogen) atoms. The van der Waals surface area contributed by atoms with Crippen molar-refractivity contribution in [3.63, 3.8) is 0 Å². The van der Waals surface area contributed by atoms with E-state index in [2.05, 4.69) is 5.32 Å². The van der Waals surface area contributed by atoms with Crippen LogP contribution in [0.15, 0.2) is 18.2 Å². The van der Waals surface area contributed by atoms with E-state index >= 15 is 0 Å². The highest BCUT2D eigenvalue weighted by Gasteiger charge is 2.35. The maximum Gasteiger partial charge on any atom is 0.144 e. The third kappa shape index (κ3) is 2.67. The maximum absolute atomic E-state index is 13.5. The van der Waals surface area contributed by atoms with Crippen LogP contribution in [0.5, 0.6) is 0 Å². The van der Waals surface area contributed by atoms with Crippen LogP contribution < -0.4 is 5.32 Å². The van der Waals surface area contributed by atoms with Gasteiger partial charge in [0, 0.05) is 23.4 Å². The molecule has 0 bridgehead atoms. The molecule has 1 saturated heterocycles. The molecule has 1 aliphatic heterocycles. The molecule has 1 unspecified atom stereocenters. The summed E-state index contributed by atoms with van der Waals surface area (Å²) in [7, 11) is 0. The normalized spacial score (nSPS) is 23.9. The van der Waals surface area contributed by atoms with Gasteiger partial charge in [-0.3, -0.25) is 4.79 Å². The van der Waals surface area contributed by atoms with Gasteiger partial charge in [-0.15, -0.1) is 0 Å². The molecule has 1 N–H and O–H groups in total. The smallest absolute Gasteiger partial charge is 0.144 e. The van der Waals surface area contributed by atoms with Gasteiger partial charge < -0.3 is 5.32 Å². The van der Waals surface area contributed by atoms with E-state index in [4.69, 9.17) is 11.6 Å². The molecule has 0 aliphatic carbocycles. The molecule has 1 heterocycles. The Balaban J connectivity index is 2.15. The van der Waals surface area contributed by atoms with Crippen LogP contribution in [0.25, 0.3) is 0 Å². The molecule has 0 amide bonds. The van der Waals surface area contributed by atoms with Crippen LogP contribution in [0.3, 0.4) is 0 Å². The van der Waals surface area contributed by atoms with E-state index in [0.717, 1.165) is 13.0 Å². The largest absolute Gasteiger partial charge is 0.316 e. The molecular formula is C13H15ClFNO. The Morgan fingerprint density at radius 2 is 2.35 bits per heavy atom. The molecule has 0 radical (unpaired) electrons. The lowest BCUT2D eigenvalue weighted by Crippen LogP contribution is -2.31. The molecule has 2 nitrogen and oxygen atoms in total. The van der Waals surface area contributed by atoms with E-state index in [1.165, 1.54) is 18.2 Å². The van der Waals surface area contributed by atoms with E-state index in [-0.39, 0.29) is 23.4 Å². The number of nitrogens with one attached hydrogen (secondary N) is 1. The molecular weight excluding hydrogens is 241 g/mol. The first-order chi connectivity index (χ1) is 8.01. The zero-order valence-corrected chi connectivity index (χ0v) is 10.5. The minimum atomic E-state index is -0.366. The SMILES string of the molecule is CC1(C(=O)Cc2cc(Cl)ccc2F)CCNC1. The molecule has 1 aliphatic rings. The van der Waals surface area contributed by atoms with Crippen LogP contribution in [0, 0.1) is 11.2 Å². The second-order valence-corrected chi connectivity index (χ2v) is 5.26. The predicted molar refractivity (Wildman–Crippen MR) is 65.7 cm³/mol. The molecule has 1 aromatic carbocycles. The van der Waals surface area contributed by atoms with Crippen LogP contribution in [-0.2, 0) is 11.2 Å². The summed E-state index contributed by atoms with van der Waals surface area (Å²) in [6, 6.07) is 4.32. The lowest BCUT2D eigenvalue weighted by atomic mass is 9.82. The van der Waals surface area contributed by atoms with E-state index in [0.29, 0.717) is 17.1 Å². The van der Waals surface area contributed by atoms with Gasteiger partial charge in [0.15, 0.2) is 0 Å². The fraction of sp³-hybridized carbons (Fsp3) is 0.462. The van der Waals surface area contributed by atoms with E-state index in [1.807, 2.05) is 6.92 Å². The highest BCUT2D eigenvalue weighted by atomic mass is 35.5. The summed E-state index contributed by atoms with van der Waals surface area (Å²) in [6.45, 7) is 3.45. The number of benzene rings is 1. The van der Waals surface area contributed by atoms with Gasteiger partial charge in [-0.2, -0.15) is 0 Å². The maximum atomic E-state index is 13.5. The average molecular weight is 256 g/mol. The predicted octanol–water partition coefficient (Wildman–Crippen LogP) is 2.59. The van der Waals surface area contributed by atoms with Gasteiger partial charge in [0.25, 0.3) is 0 Å². The van der Waals surface area contributed by atoms with Gasteiger partial charge in [0.2, 0.25) is 0 Å². The van der Waals surface area contributed by atoms with Crippen molar-refractivity contribution >= 4 is 17.4 Å². The summed E-state index contributed by atoms with van der Waals surface area (Å²) in [5, 5.41) is 3.63. The molecule has 4 heteroatoms. The van der Waals surface area contributed by atoms with Crippen LogP contribution in [-0.4, -0.2) is 18.9 Å². The number of hydrogen-bond acceptors (Lipinski definition) is 2. The second-order valence-electron chi connectivity index (χ2n) is 4.82. The molecule has 0 spiro atoms. The molecule has 1 fully saturated rings. The Labute approximate surface area is 105 Å². The van der Waals surface area contributed by atoms with Crippen molar-refractivity contribution in [3.8, 4) is 0 Å². The van der Waals surface area contributed by atoms with Crippen molar-refractivity contribution in [3.05, 3.63) is 34.6 Å². The van der Waals surface area contributed by atoms with Crippen LogP contribution in [0.2, 0.25) is 5.02 Å². The third-order valence-corrected chi connectivity index (χ3v) is 3.64. The van der Waals surface area contributed by atoms with Crippen molar-refractivity contribution < 1.29 is 9.18 Å². The fourth-order valence-electron chi connectivity index (χ4n) is 2.12. The summed E-state index contributed by atoms with van der Waals surface area (Å²) in [5.41, 5.74) is 0.0185. The number of carbonyl (C=O) groups is 1. The second kappa shape index (κ2) is 4.75. The molecule has 2 rings (SSSR count). The quantitative estimate of drug-likeness (QED) is 0.900. The van der Waals surface area contributed by atoms with E-state index in [9.17, 15) is 9.18 Å². The lowest BCUT2D eigenvalue weighted by Gasteiger charge is -2.20. The molecule has 1 atom stereocenters. The Bertz CT molecular complexity index is 441. The van der Waals surface area contributed by atoms with Gasteiger partial charge in [-0.1, -0.05) is 18.5 Å². The highest BCUT2D eigenvalue weighted by Crippen LogP contribution is 2.28. The minimum absolute atomic E-state index is 0.0728. The Kier molecular flexibility index (Phi) is 3.50. The summed E-state index contributed by atoms with van der Waals surface area (Å²) < 4.78 is 13.5. The summed E-state index contributed by atoms with van der Waals surface area (Å²) in [5.74, 6) is -0.291. The van der Waals surface area contributed by atoms with Crippen molar-refractivity contribution in [1.29, 1.82) is 0 Å².